The van der Waals surface area contributed by atoms with Gasteiger partial charge in [0.1, 0.15) is 5.75 Å². The molecule has 0 aromatic heterocycles. The largest absolute Gasteiger partial charge is 0.506 e. The molecule has 1 atom stereocenters. The third kappa shape index (κ3) is 2.77. The summed E-state index contributed by atoms with van der Waals surface area (Å²) in [6, 6.07) is 5.81. The second-order valence-electron chi connectivity index (χ2n) is 6.75. The van der Waals surface area contributed by atoms with Gasteiger partial charge in [0.2, 0.25) is 0 Å². The number of phenols is 1. The predicted octanol–water partition coefficient (Wildman–Crippen LogP) is 4.33. The van der Waals surface area contributed by atoms with Crippen LogP contribution in [0.4, 0.5) is 5.69 Å². The Labute approximate surface area is 132 Å². The molecule has 1 saturated carbocycles. The van der Waals surface area contributed by atoms with E-state index in [1.54, 1.807) is 6.07 Å². The number of nitrogens with zero attached hydrogens (tertiary/aromatic N) is 1. The Morgan fingerprint density at radius 3 is 2.55 bits per heavy atom. The highest BCUT2D eigenvalue weighted by molar-refractivity contribution is 5.97. The van der Waals surface area contributed by atoms with Gasteiger partial charge in [-0.05, 0) is 44.2 Å². The van der Waals surface area contributed by atoms with Gasteiger partial charge >= 0.3 is 0 Å². The minimum atomic E-state index is 0.184. The van der Waals surface area contributed by atoms with Crippen LogP contribution in [0.15, 0.2) is 30.0 Å². The molecule has 0 spiro atoms. The highest BCUT2D eigenvalue weighted by Gasteiger charge is 2.35. The number of carbonyl (C=O) groups excluding carboxylic acids is 1. The van der Waals surface area contributed by atoms with Crippen molar-refractivity contribution in [2.24, 2.45) is 5.92 Å². The topological polar surface area (TPSA) is 40.5 Å². The molecular formula is C19H25NO2. The van der Waals surface area contributed by atoms with Gasteiger partial charge in [0.15, 0.2) is 5.78 Å². The zero-order valence-corrected chi connectivity index (χ0v) is 13.5. The molecule has 1 aliphatic carbocycles. The number of benzene rings is 1. The van der Waals surface area contributed by atoms with E-state index in [1.807, 2.05) is 32.2 Å². The van der Waals surface area contributed by atoms with E-state index in [1.165, 1.54) is 32.1 Å². The Morgan fingerprint density at radius 2 is 1.86 bits per heavy atom. The molecule has 0 saturated heterocycles. The van der Waals surface area contributed by atoms with Gasteiger partial charge in [-0.15, -0.1) is 0 Å². The lowest BCUT2D eigenvalue weighted by Crippen LogP contribution is -2.43. The first-order valence-corrected chi connectivity index (χ1v) is 8.36. The number of hydrogen-bond donors (Lipinski definition) is 1. The summed E-state index contributed by atoms with van der Waals surface area (Å²) in [5, 5.41) is 10.4. The van der Waals surface area contributed by atoms with Crippen LogP contribution in [0.1, 0.15) is 51.0 Å². The van der Waals surface area contributed by atoms with Crippen LogP contribution < -0.4 is 4.90 Å². The van der Waals surface area contributed by atoms with Gasteiger partial charge in [-0.3, -0.25) is 4.79 Å². The fraction of sp³-hybridized carbons (Fsp3) is 0.526. The summed E-state index contributed by atoms with van der Waals surface area (Å²) in [6.45, 7) is 3.90. The Morgan fingerprint density at radius 1 is 1.14 bits per heavy atom. The van der Waals surface area contributed by atoms with Gasteiger partial charge in [0, 0.05) is 24.2 Å². The molecule has 3 nitrogen and oxygen atoms in total. The molecule has 3 heteroatoms. The van der Waals surface area contributed by atoms with Gasteiger partial charge in [-0.25, -0.2) is 0 Å². The molecule has 118 valence electrons. The number of para-hydroxylation sites is 1. The van der Waals surface area contributed by atoms with E-state index in [-0.39, 0.29) is 11.8 Å². The van der Waals surface area contributed by atoms with E-state index in [2.05, 4.69) is 4.90 Å². The fourth-order valence-corrected chi connectivity index (χ4v) is 3.95. The smallest absolute Gasteiger partial charge is 0.162 e. The van der Waals surface area contributed by atoms with Crippen molar-refractivity contribution in [3.05, 3.63) is 35.5 Å². The normalized spacial score (nSPS) is 23.5. The third-order valence-electron chi connectivity index (χ3n) is 5.19. The van der Waals surface area contributed by atoms with Gasteiger partial charge in [0.05, 0.1) is 5.69 Å². The monoisotopic (exact) mass is 299 g/mol. The summed E-state index contributed by atoms with van der Waals surface area (Å²) < 4.78 is 0. The molecule has 0 amide bonds. The molecule has 1 aromatic rings. The summed E-state index contributed by atoms with van der Waals surface area (Å²) in [5.41, 5.74) is 2.71. The molecule has 1 N–H and O–H groups in total. The van der Waals surface area contributed by atoms with E-state index >= 15 is 0 Å². The molecule has 22 heavy (non-hydrogen) atoms. The predicted molar refractivity (Wildman–Crippen MR) is 89.1 cm³/mol. The molecule has 1 aromatic carbocycles. The Hall–Kier alpha value is -1.77. The lowest BCUT2D eigenvalue weighted by Gasteiger charge is -2.41. The third-order valence-corrected chi connectivity index (χ3v) is 5.19. The highest BCUT2D eigenvalue weighted by atomic mass is 16.3. The zero-order valence-electron chi connectivity index (χ0n) is 13.5. The molecule has 1 fully saturated rings. The van der Waals surface area contributed by atoms with Crippen molar-refractivity contribution in [1.29, 1.82) is 0 Å². The van der Waals surface area contributed by atoms with E-state index in [9.17, 15) is 9.90 Å². The first kappa shape index (κ1) is 15.1. The molecule has 0 unspecified atom stereocenters. The number of ketones is 1. The van der Waals surface area contributed by atoms with Crippen molar-refractivity contribution in [3.8, 4) is 5.75 Å². The van der Waals surface area contributed by atoms with E-state index in [0.29, 0.717) is 18.1 Å². The van der Waals surface area contributed by atoms with Gasteiger partial charge < -0.3 is 10.0 Å². The summed E-state index contributed by atoms with van der Waals surface area (Å²) in [5.74, 6) is 1.10. The van der Waals surface area contributed by atoms with E-state index in [0.717, 1.165) is 16.8 Å². The summed E-state index contributed by atoms with van der Waals surface area (Å²) >= 11 is 0. The Kier molecular flexibility index (Phi) is 4.23. The second kappa shape index (κ2) is 6.15. The summed E-state index contributed by atoms with van der Waals surface area (Å²) in [7, 11) is 0. The lowest BCUT2D eigenvalue weighted by atomic mass is 9.79. The van der Waals surface area contributed by atoms with Crippen molar-refractivity contribution in [2.45, 2.75) is 58.4 Å². The molecule has 0 bridgehead atoms. The van der Waals surface area contributed by atoms with Crippen molar-refractivity contribution < 1.29 is 9.90 Å². The fourth-order valence-electron chi connectivity index (χ4n) is 3.95. The van der Waals surface area contributed by atoms with Crippen LogP contribution in [0.5, 0.6) is 5.75 Å². The number of anilines is 1. The lowest BCUT2D eigenvalue weighted by molar-refractivity contribution is -0.116. The highest BCUT2D eigenvalue weighted by Crippen LogP contribution is 2.40. The molecule has 3 rings (SSSR count). The number of carbonyl (C=O) groups is 1. The maximum atomic E-state index is 12.2. The maximum Gasteiger partial charge on any atom is 0.162 e. The molecule has 2 aliphatic rings. The van der Waals surface area contributed by atoms with Gasteiger partial charge in [-0.1, -0.05) is 31.4 Å². The average molecular weight is 299 g/mol. The average Bonchev–Trinajstić information content (AvgIpc) is 2.51. The van der Waals surface area contributed by atoms with Gasteiger partial charge in [0.25, 0.3) is 0 Å². The van der Waals surface area contributed by atoms with E-state index < -0.39 is 0 Å². The van der Waals surface area contributed by atoms with Crippen molar-refractivity contribution >= 4 is 11.5 Å². The standard InChI is InChI=1S/C19H25NO2/c1-13-7-6-10-17(21)19(13)20-12-14(2)18(22)11-16(20)15-8-4-3-5-9-15/h6-7,10,12,15-16,21H,3-5,8-9,11H2,1-2H3/t16-/m0/s1. The van der Waals surface area contributed by atoms with Crippen LogP contribution >= 0.6 is 0 Å². The molecular weight excluding hydrogens is 274 g/mol. The second-order valence-corrected chi connectivity index (χ2v) is 6.75. The minimum absolute atomic E-state index is 0.184. The minimum Gasteiger partial charge on any atom is -0.506 e. The molecule has 1 aliphatic heterocycles. The van der Waals surface area contributed by atoms with Crippen LogP contribution in [-0.2, 0) is 4.79 Å². The van der Waals surface area contributed by atoms with Crippen molar-refractivity contribution in [2.75, 3.05) is 4.90 Å². The van der Waals surface area contributed by atoms with Crippen LogP contribution in [-0.4, -0.2) is 16.9 Å². The van der Waals surface area contributed by atoms with Crippen LogP contribution in [0.25, 0.3) is 0 Å². The number of phenolic OH excluding ortho intramolecular Hbond substituents is 1. The van der Waals surface area contributed by atoms with Crippen LogP contribution in [0, 0.1) is 12.8 Å². The first-order valence-electron chi connectivity index (χ1n) is 8.36. The quantitative estimate of drug-likeness (QED) is 0.883. The Balaban J connectivity index is 2.01. The van der Waals surface area contributed by atoms with Crippen molar-refractivity contribution in [1.82, 2.24) is 0 Å². The summed E-state index contributed by atoms with van der Waals surface area (Å²) in [4.78, 5) is 14.4. The van der Waals surface area contributed by atoms with Gasteiger partial charge in [-0.2, -0.15) is 0 Å². The number of aryl methyl sites for hydroxylation is 1. The molecule has 0 radical (unpaired) electrons. The maximum absolute atomic E-state index is 12.2. The SMILES string of the molecule is CC1=CN(c2c(C)cccc2O)[C@H](C2CCCCC2)CC1=O. The Bertz CT molecular complexity index is 579. The van der Waals surface area contributed by atoms with Crippen molar-refractivity contribution in [3.63, 3.8) is 0 Å². The van der Waals surface area contributed by atoms with Crippen LogP contribution in [0.2, 0.25) is 0 Å². The number of hydrogen-bond acceptors (Lipinski definition) is 3. The number of Topliss-reactive ketones (excluding diaryl/α,β-unsaturated/α-hetero) is 1. The van der Waals surface area contributed by atoms with Crippen LogP contribution in [0.3, 0.4) is 0 Å². The van der Waals surface area contributed by atoms with E-state index in [4.69, 9.17) is 0 Å². The zero-order chi connectivity index (χ0) is 15.7. The summed E-state index contributed by atoms with van der Waals surface area (Å²) in [6.07, 6.45) is 8.72. The number of rotatable bonds is 2. The molecule has 1 heterocycles. The first-order chi connectivity index (χ1) is 10.6. The number of aromatic hydroxyl groups is 1. The number of allylic oxidation sites excluding steroid dienone is 1.